The third-order valence-electron chi connectivity index (χ3n) is 2.98. The zero-order valence-corrected chi connectivity index (χ0v) is 9.54. The van der Waals surface area contributed by atoms with Crippen molar-refractivity contribution in [1.29, 1.82) is 0 Å². The molecule has 0 radical (unpaired) electrons. The molecule has 16 heavy (non-hydrogen) atoms. The Morgan fingerprint density at radius 2 is 2.19 bits per heavy atom. The van der Waals surface area contributed by atoms with E-state index in [1.807, 2.05) is 0 Å². The molecule has 86 valence electrons. The van der Waals surface area contributed by atoms with Crippen molar-refractivity contribution in [3.8, 4) is 0 Å². The summed E-state index contributed by atoms with van der Waals surface area (Å²) >= 11 is 1.63. The number of carboxylic acid groups (broad SMARTS) is 1. The minimum atomic E-state index is -0.819. The molecule has 0 bridgehead atoms. The molecule has 0 spiro atoms. The van der Waals surface area contributed by atoms with Crippen LogP contribution in [0.1, 0.15) is 17.9 Å². The second kappa shape index (κ2) is 4.87. The van der Waals surface area contributed by atoms with Crippen LogP contribution in [0, 0.1) is 11.7 Å². The summed E-state index contributed by atoms with van der Waals surface area (Å²) in [7, 11) is 0. The number of rotatable bonds is 2. The van der Waals surface area contributed by atoms with E-state index >= 15 is 0 Å². The quantitative estimate of drug-likeness (QED) is 0.863. The van der Waals surface area contributed by atoms with E-state index in [1.165, 1.54) is 6.07 Å². The number of thioether (sulfide) groups is 1. The van der Waals surface area contributed by atoms with Crippen molar-refractivity contribution in [1.82, 2.24) is 0 Å². The summed E-state index contributed by atoms with van der Waals surface area (Å²) < 4.78 is 13.6. The molecule has 1 N–H and O–H groups in total. The number of hydrogen-bond donors (Lipinski definition) is 1. The van der Waals surface area contributed by atoms with Gasteiger partial charge in [-0.1, -0.05) is 18.2 Å². The number of carbonyl (C=O) groups is 1. The Bertz CT molecular complexity index is 394. The summed E-state index contributed by atoms with van der Waals surface area (Å²) in [6.07, 6.45) is 0.739. The Morgan fingerprint density at radius 3 is 2.88 bits per heavy atom. The van der Waals surface area contributed by atoms with Gasteiger partial charge in [0.25, 0.3) is 0 Å². The van der Waals surface area contributed by atoms with Crippen LogP contribution in [0.4, 0.5) is 4.39 Å². The number of benzene rings is 1. The van der Waals surface area contributed by atoms with Gasteiger partial charge in [-0.3, -0.25) is 4.79 Å². The third kappa shape index (κ3) is 2.21. The van der Waals surface area contributed by atoms with Gasteiger partial charge in [0, 0.05) is 11.7 Å². The SMILES string of the molecule is O=C(O)C1CSCCC1c1ccccc1F. The zero-order chi connectivity index (χ0) is 11.5. The standard InChI is InChI=1S/C12H13FO2S/c13-11-4-2-1-3-9(11)8-5-6-16-7-10(8)12(14)15/h1-4,8,10H,5-7H2,(H,14,15). The molecule has 0 saturated carbocycles. The van der Waals surface area contributed by atoms with Gasteiger partial charge >= 0.3 is 5.97 Å². The lowest BCUT2D eigenvalue weighted by Gasteiger charge is -2.28. The molecule has 0 aliphatic carbocycles. The van der Waals surface area contributed by atoms with E-state index in [0.29, 0.717) is 11.3 Å². The number of hydrogen-bond acceptors (Lipinski definition) is 2. The van der Waals surface area contributed by atoms with Gasteiger partial charge in [0.05, 0.1) is 5.92 Å². The lowest BCUT2D eigenvalue weighted by Crippen LogP contribution is -2.28. The molecule has 2 unspecified atom stereocenters. The first-order valence-electron chi connectivity index (χ1n) is 5.25. The molecule has 0 amide bonds. The minimum Gasteiger partial charge on any atom is -0.481 e. The highest BCUT2D eigenvalue weighted by Crippen LogP contribution is 2.37. The summed E-state index contributed by atoms with van der Waals surface area (Å²) in [6.45, 7) is 0. The summed E-state index contributed by atoms with van der Waals surface area (Å²) in [5, 5.41) is 9.13. The van der Waals surface area contributed by atoms with E-state index in [1.54, 1.807) is 30.0 Å². The highest BCUT2D eigenvalue weighted by molar-refractivity contribution is 7.99. The van der Waals surface area contributed by atoms with Gasteiger partial charge < -0.3 is 5.11 Å². The molecule has 1 fully saturated rings. The molecule has 2 rings (SSSR count). The Kier molecular flexibility index (Phi) is 3.49. The van der Waals surface area contributed by atoms with Crippen LogP contribution >= 0.6 is 11.8 Å². The predicted octanol–water partition coefficient (Wildman–Crippen LogP) is 2.75. The van der Waals surface area contributed by atoms with Crippen molar-refractivity contribution in [2.24, 2.45) is 5.92 Å². The lowest BCUT2D eigenvalue weighted by atomic mass is 9.84. The van der Waals surface area contributed by atoms with Gasteiger partial charge in [0.15, 0.2) is 0 Å². The molecule has 1 aromatic rings. The minimum absolute atomic E-state index is 0.181. The molecule has 1 saturated heterocycles. The van der Waals surface area contributed by atoms with Gasteiger partial charge in [-0.05, 0) is 23.8 Å². The average molecular weight is 240 g/mol. The molecule has 2 nitrogen and oxygen atoms in total. The molecule has 1 heterocycles. The van der Waals surface area contributed by atoms with Crippen LogP contribution in [0.5, 0.6) is 0 Å². The highest BCUT2D eigenvalue weighted by Gasteiger charge is 2.33. The summed E-state index contributed by atoms with van der Waals surface area (Å²) in [5.74, 6) is -0.265. The van der Waals surface area contributed by atoms with E-state index in [9.17, 15) is 9.18 Å². The Labute approximate surface area is 97.9 Å². The summed E-state index contributed by atoms with van der Waals surface area (Å²) in [5.41, 5.74) is 0.551. The van der Waals surface area contributed by atoms with Crippen molar-refractivity contribution < 1.29 is 14.3 Å². The Morgan fingerprint density at radius 1 is 1.44 bits per heavy atom. The zero-order valence-electron chi connectivity index (χ0n) is 8.73. The highest BCUT2D eigenvalue weighted by atomic mass is 32.2. The number of aliphatic carboxylic acids is 1. The fraction of sp³-hybridized carbons (Fsp3) is 0.417. The molecule has 4 heteroatoms. The van der Waals surface area contributed by atoms with Crippen LogP contribution in [0.15, 0.2) is 24.3 Å². The molecular formula is C12H13FO2S. The van der Waals surface area contributed by atoms with Crippen molar-refractivity contribution >= 4 is 17.7 Å². The first kappa shape index (κ1) is 11.5. The summed E-state index contributed by atoms with van der Waals surface area (Å²) in [4.78, 5) is 11.1. The van der Waals surface area contributed by atoms with Gasteiger partial charge in [-0.15, -0.1) is 0 Å². The smallest absolute Gasteiger partial charge is 0.307 e. The number of halogens is 1. The van der Waals surface area contributed by atoms with Crippen LogP contribution in [0.3, 0.4) is 0 Å². The second-order valence-electron chi connectivity index (χ2n) is 3.94. The van der Waals surface area contributed by atoms with Crippen LogP contribution in [-0.4, -0.2) is 22.6 Å². The van der Waals surface area contributed by atoms with E-state index in [2.05, 4.69) is 0 Å². The number of carboxylic acids is 1. The molecular weight excluding hydrogens is 227 g/mol. The molecule has 1 aromatic carbocycles. The first-order chi connectivity index (χ1) is 7.70. The van der Waals surface area contributed by atoms with Gasteiger partial charge in [0.2, 0.25) is 0 Å². The van der Waals surface area contributed by atoms with Crippen molar-refractivity contribution in [3.05, 3.63) is 35.6 Å². The van der Waals surface area contributed by atoms with Crippen LogP contribution in [0.2, 0.25) is 0 Å². The normalized spacial score (nSPS) is 25.3. The van der Waals surface area contributed by atoms with Crippen molar-refractivity contribution in [2.75, 3.05) is 11.5 Å². The van der Waals surface area contributed by atoms with E-state index in [0.717, 1.165) is 12.2 Å². The fourth-order valence-corrected chi connectivity index (χ4v) is 3.35. The van der Waals surface area contributed by atoms with Gasteiger partial charge in [0.1, 0.15) is 5.82 Å². The van der Waals surface area contributed by atoms with Crippen LogP contribution in [0.25, 0.3) is 0 Å². The predicted molar refractivity (Wildman–Crippen MR) is 62.2 cm³/mol. The molecule has 1 aliphatic rings. The molecule has 1 aliphatic heterocycles. The molecule has 2 atom stereocenters. The Balaban J connectivity index is 2.30. The third-order valence-corrected chi connectivity index (χ3v) is 4.10. The van der Waals surface area contributed by atoms with E-state index in [-0.39, 0.29) is 11.7 Å². The summed E-state index contributed by atoms with van der Waals surface area (Å²) in [6, 6.07) is 6.49. The van der Waals surface area contributed by atoms with Gasteiger partial charge in [-0.2, -0.15) is 11.8 Å². The van der Waals surface area contributed by atoms with Gasteiger partial charge in [-0.25, -0.2) is 4.39 Å². The fourth-order valence-electron chi connectivity index (χ4n) is 2.13. The van der Waals surface area contributed by atoms with E-state index in [4.69, 9.17) is 5.11 Å². The largest absolute Gasteiger partial charge is 0.481 e. The monoisotopic (exact) mass is 240 g/mol. The van der Waals surface area contributed by atoms with Crippen LogP contribution in [-0.2, 0) is 4.79 Å². The maximum atomic E-state index is 13.6. The van der Waals surface area contributed by atoms with Crippen molar-refractivity contribution in [2.45, 2.75) is 12.3 Å². The topological polar surface area (TPSA) is 37.3 Å². The lowest BCUT2D eigenvalue weighted by molar-refractivity contribution is -0.141. The maximum absolute atomic E-state index is 13.6. The van der Waals surface area contributed by atoms with E-state index < -0.39 is 11.9 Å². The van der Waals surface area contributed by atoms with Crippen LogP contribution < -0.4 is 0 Å². The second-order valence-corrected chi connectivity index (χ2v) is 5.09. The maximum Gasteiger partial charge on any atom is 0.307 e. The average Bonchev–Trinajstić information content (AvgIpc) is 2.29. The van der Waals surface area contributed by atoms with Crippen molar-refractivity contribution in [3.63, 3.8) is 0 Å². The Hall–Kier alpha value is -1.03. The molecule has 0 aromatic heterocycles. The first-order valence-corrected chi connectivity index (χ1v) is 6.40.